The topological polar surface area (TPSA) is 73.3 Å². The monoisotopic (exact) mass is 459 g/mol. The molecule has 31 heavy (non-hydrogen) atoms. The van der Waals surface area contributed by atoms with Crippen LogP contribution in [-0.2, 0) is 17.5 Å². The van der Waals surface area contributed by atoms with Gasteiger partial charge in [0, 0.05) is 7.11 Å². The Morgan fingerprint density at radius 3 is 2.65 bits per heavy atom. The van der Waals surface area contributed by atoms with Crippen molar-refractivity contribution in [3.05, 3.63) is 46.5 Å². The lowest BCUT2D eigenvalue weighted by Crippen LogP contribution is -2.43. The van der Waals surface area contributed by atoms with Gasteiger partial charge in [0.25, 0.3) is 0 Å². The Balaban J connectivity index is 1.88. The van der Waals surface area contributed by atoms with Crippen molar-refractivity contribution in [2.24, 2.45) is 0 Å². The Kier molecular flexibility index (Phi) is 5.35. The van der Waals surface area contributed by atoms with Crippen LogP contribution < -0.4 is 0 Å². The van der Waals surface area contributed by atoms with Crippen LogP contribution in [0, 0.1) is 5.82 Å². The van der Waals surface area contributed by atoms with E-state index in [4.69, 9.17) is 20.9 Å². The summed E-state index contributed by atoms with van der Waals surface area (Å²) in [7, 11) is 1.34. The third-order valence-electron chi connectivity index (χ3n) is 5.28. The molecule has 1 saturated carbocycles. The quantitative estimate of drug-likeness (QED) is 0.528. The number of benzene rings is 1. The van der Waals surface area contributed by atoms with Gasteiger partial charge in [-0.3, -0.25) is 4.68 Å². The largest absolute Gasteiger partial charge is 0.433 e. The molecule has 0 spiro atoms. The highest BCUT2D eigenvalue weighted by Gasteiger charge is 2.47. The zero-order valence-corrected chi connectivity index (χ0v) is 17.3. The Labute approximate surface area is 179 Å². The second-order valence-corrected chi connectivity index (χ2v) is 8.18. The van der Waals surface area contributed by atoms with Gasteiger partial charge in [0.05, 0.1) is 46.2 Å². The molecular weight excluding hydrogens is 442 g/mol. The highest BCUT2D eigenvalue weighted by molar-refractivity contribution is 6.33. The summed E-state index contributed by atoms with van der Waals surface area (Å²) in [5.74, 6) is -0.936. The van der Waals surface area contributed by atoms with Gasteiger partial charge in [0.15, 0.2) is 11.5 Å². The smallest absolute Gasteiger partial charge is 0.390 e. The predicted molar refractivity (Wildman–Crippen MR) is 103 cm³/mol. The first-order valence-corrected chi connectivity index (χ1v) is 9.70. The van der Waals surface area contributed by atoms with Crippen LogP contribution in [0.1, 0.15) is 37.1 Å². The minimum Gasteiger partial charge on any atom is -0.390 e. The van der Waals surface area contributed by atoms with Crippen LogP contribution in [0.5, 0.6) is 0 Å². The molecule has 0 amide bonds. The van der Waals surface area contributed by atoms with Crippen molar-refractivity contribution in [2.45, 2.75) is 44.2 Å². The highest BCUT2D eigenvalue weighted by Crippen LogP contribution is 2.47. The molecule has 1 aromatic carbocycles. The fourth-order valence-electron chi connectivity index (χ4n) is 3.94. The molecule has 11 heteroatoms. The van der Waals surface area contributed by atoms with E-state index in [9.17, 15) is 22.7 Å². The number of hydrogen-bond acceptors (Lipinski definition) is 5. The van der Waals surface area contributed by atoms with Crippen molar-refractivity contribution in [3.8, 4) is 22.6 Å². The molecule has 0 saturated heterocycles. The van der Waals surface area contributed by atoms with Crippen LogP contribution in [0.4, 0.5) is 17.6 Å². The molecule has 2 heterocycles. The zero-order valence-electron chi connectivity index (χ0n) is 16.5. The molecule has 1 N–H and O–H groups in total. The predicted octanol–water partition coefficient (Wildman–Crippen LogP) is 5.25. The van der Waals surface area contributed by atoms with E-state index in [0.717, 1.165) is 16.9 Å². The Hall–Kier alpha value is -2.43. The van der Waals surface area contributed by atoms with Crippen molar-refractivity contribution >= 4 is 11.6 Å². The molecule has 0 atom stereocenters. The van der Waals surface area contributed by atoms with E-state index in [-0.39, 0.29) is 52.6 Å². The maximum Gasteiger partial charge on any atom is 0.433 e. The summed E-state index contributed by atoms with van der Waals surface area (Å²) in [6.45, 7) is 1.36. The van der Waals surface area contributed by atoms with E-state index in [2.05, 4.69) is 10.3 Å². The summed E-state index contributed by atoms with van der Waals surface area (Å²) >= 11 is 6.11. The van der Waals surface area contributed by atoms with E-state index in [1.807, 2.05) is 0 Å². The van der Waals surface area contributed by atoms with Crippen molar-refractivity contribution in [1.82, 2.24) is 14.9 Å². The van der Waals surface area contributed by atoms with Crippen LogP contribution >= 0.6 is 11.6 Å². The molecule has 0 bridgehead atoms. The van der Waals surface area contributed by atoms with E-state index < -0.39 is 29.3 Å². The second kappa shape index (κ2) is 7.61. The number of methoxy groups -OCH3 is 1. The number of halogens is 5. The van der Waals surface area contributed by atoms with Crippen LogP contribution in [0.25, 0.3) is 22.6 Å². The van der Waals surface area contributed by atoms with Gasteiger partial charge in [0.1, 0.15) is 11.5 Å². The standard InChI is InChI=1S/C20H18ClF4N3O3/c1-19(29)6-10(7-19)28-18(20(23,24)25)11(8-26-28)17-12(9-30-2)16(27-31-17)15-13(21)4-3-5-14(15)22/h3-5,8,10,29H,6-7,9H2,1-2H3/t10-,19+. The lowest BCUT2D eigenvalue weighted by atomic mass is 9.77. The first kappa shape index (κ1) is 21.8. The first-order chi connectivity index (χ1) is 14.5. The maximum atomic E-state index is 14.4. The van der Waals surface area contributed by atoms with Gasteiger partial charge in [0.2, 0.25) is 0 Å². The average molecular weight is 460 g/mol. The Morgan fingerprint density at radius 2 is 2.06 bits per heavy atom. The van der Waals surface area contributed by atoms with E-state index >= 15 is 0 Å². The number of rotatable bonds is 5. The Morgan fingerprint density at radius 1 is 1.35 bits per heavy atom. The van der Waals surface area contributed by atoms with Crippen LogP contribution in [-0.4, -0.2) is 32.8 Å². The minimum absolute atomic E-state index is 0.0284. The second-order valence-electron chi connectivity index (χ2n) is 7.78. The first-order valence-electron chi connectivity index (χ1n) is 9.33. The summed E-state index contributed by atoms with van der Waals surface area (Å²) < 4.78 is 67.7. The van der Waals surface area contributed by atoms with Gasteiger partial charge >= 0.3 is 6.18 Å². The molecule has 2 aromatic heterocycles. The summed E-state index contributed by atoms with van der Waals surface area (Å²) in [5, 5.41) is 17.7. The molecule has 166 valence electrons. The summed E-state index contributed by atoms with van der Waals surface area (Å²) in [6, 6.07) is 3.38. The lowest BCUT2D eigenvalue weighted by Gasteiger charge is -2.41. The average Bonchev–Trinajstić information content (AvgIpc) is 3.24. The number of aliphatic hydroxyl groups is 1. The molecule has 0 aliphatic heterocycles. The van der Waals surface area contributed by atoms with Crippen LogP contribution in [0.15, 0.2) is 28.9 Å². The van der Waals surface area contributed by atoms with E-state index in [1.165, 1.54) is 19.2 Å². The van der Waals surface area contributed by atoms with E-state index in [0.29, 0.717) is 0 Å². The van der Waals surface area contributed by atoms with Gasteiger partial charge < -0.3 is 14.4 Å². The van der Waals surface area contributed by atoms with Gasteiger partial charge in [-0.25, -0.2) is 4.39 Å². The Bertz CT molecular complexity index is 1100. The van der Waals surface area contributed by atoms with Gasteiger partial charge in [-0.1, -0.05) is 22.8 Å². The SMILES string of the molecule is COCc1c(-c2c(F)cccc2Cl)noc1-c1cnn([C@H]2C[C@@](C)(O)C2)c1C(F)(F)F. The summed E-state index contributed by atoms with van der Waals surface area (Å²) in [4.78, 5) is 0. The van der Waals surface area contributed by atoms with Crippen LogP contribution in [0.2, 0.25) is 5.02 Å². The molecule has 4 rings (SSSR count). The van der Waals surface area contributed by atoms with E-state index in [1.54, 1.807) is 6.92 Å². The molecule has 1 aliphatic carbocycles. The van der Waals surface area contributed by atoms with Crippen molar-refractivity contribution in [3.63, 3.8) is 0 Å². The van der Waals surface area contributed by atoms with Gasteiger partial charge in [-0.05, 0) is 31.9 Å². The number of ether oxygens (including phenoxy) is 1. The fourth-order valence-corrected chi connectivity index (χ4v) is 4.19. The molecule has 1 fully saturated rings. The van der Waals surface area contributed by atoms with Crippen molar-refractivity contribution in [1.29, 1.82) is 0 Å². The number of hydrogen-bond donors (Lipinski definition) is 1. The number of aromatic nitrogens is 3. The highest BCUT2D eigenvalue weighted by atomic mass is 35.5. The van der Waals surface area contributed by atoms with Gasteiger partial charge in [-0.15, -0.1) is 0 Å². The van der Waals surface area contributed by atoms with Crippen molar-refractivity contribution < 1.29 is 31.9 Å². The third kappa shape index (κ3) is 3.83. The molecule has 6 nitrogen and oxygen atoms in total. The lowest BCUT2D eigenvalue weighted by molar-refractivity contribution is -0.148. The normalized spacial score (nSPS) is 21.4. The molecule has 3 aromatic rings. The van der Waals surface area contributed by atoms with Crippen LogP contribution in [0.3, 0.4) is 0 Å². The summed E-state index contributed by atoms with van der Waals surface area (Å²) in [6.07, 6.45) is -3.47. The third-order valence-corrected chi connectivity index (χ3v) is 5.60. The number of nitrogens with zero attached hydrogens (tertiary/aromatic N) is 3. The molecular formula is C20H18ClF4N3O3. The van der Waals surface area contributed by atoms with Crippen molar-refractivity contribution in [2.75, 3.05) is 7.11 Å². The minimum atomic E-state index is -4.76. The zero-order chi connectivity index (χ0) is 22.6. The molecule has 0 radical (unpaired) electrons. The molecule has 0 unspecified atom stereocenters. The molecule has 1 aliphatic rings. The van der Waals surface area contributed by atoms with Gasteiger partial charge in [-0.2, -0.15) is 18.3 Å². The fraction of sp³-hybridized carbons (Fsp3) is 0.400. The number of alkyl halides is 3. The maximum absolute atomic E-state index is 14.4. The summed E-state index contributed by atoms with van der Waals surface area (Å²) in [5.41, 5.74) is -2.46.